The zero-order chi connectivity index (χ0) is 22.4. The van der Waals surface area contributed by atoms with E-state index >= 15 is 0 Å². The smallest absolute Gasteiger partial charge is 0.119 e. The number of rotatable bonds is 11. The van der Waals surface area contributed by atoms with Crippen LogP contribution >= 0.6 is 0 Å². The van der Waals surface area contributed by atoms with Crippen molar-refractivity contribution in [2.24, 2.45) is 5.92 Å². The Morgan fingerprint density at radius 3 is 2.12 bits per heavy atom. The first-order chi connectivity index (χ1) is 15.8. The van der Waals surface area contributed by atoms with Crippen molar-refractivity contribution in [2.75, 3.05) is 6.61 Å². The van der Waals surface area contributed by atoms with Gasteiger partial charge in [0.05, 0.1) is 6.61 Å². The van der Waals surface area contributed by atoms with Gasteiger partial charge in [0.1, 0.15) is 5.75 Å². The first-order valence-electron chi connectivity index (χ1n) is 13.1. The van der Waals surface area contributed by atoms with E-state index in [1.54, 1.807) is 0 Å². The first-order valence-corrected chi connectivity index (χ1v) is 13.1. The van der Waals surface area contributed by atoms with E-state index in [0.717, 1.165) is 18.8 Å². The quantitative estimate of drug-likeness (QED) is 0.256. The molecule has 172 valence electrons. The van der Waals surface area contributed by atoms with Crippen LogP contribution < -0.4 is 4.74 Å². The molecule has 0 atom stereocenters. The third-order valence-electron chi connectivity index (χ3n) is 6.79. The molecule has 0 amide bonds. The van der Waals surface area contributed by atoms with Crippen molar-refractivity contribution < 1.29 is 4.74 Å². The Balaban J connectivity index is 1.41. The SMILES string of the molecule is CCCCCCc1ccc(C#CC2CCC(c3ccc(OCCCCC)cc3)CC2)cc1. The molecular weight excluding hydrogens is 388 g/mol. The van der Waals surface area contributed by atoms with E-state index in [4.69, 9.17) is 4.74 Å². The fourth-order valence-corrected chi connectivity index (χ4v) is 4.65. The lowest BCUT2D eigenvalue weighted by Gasteiger charge is -2.26. The molecule has 0 saturated heterocycles. The molecule has 1 aliphatic carbocycles. The van der Waals surface area contributed by atoms with Crippen LogP contribution in [-0.4, -0.2) is 6.61 Å². The molecule has 0 aliphatic heterocycles. The van der Waals surface area contributed by atoms with E-state index in [9.17, 15) is 0 Å². The molecule has 0 unspecified atom stereocenters. The Hall–Kier alpha value is -2.20. The molecule has 3 rings (SSSR count). The van der Waals surface area contributed by atoms with Crippen LogP contribution in [0.25, 0.3) is 0 Å². The Labute approximate surface area is 197 Å². The average Bonchev–Trinajstić information content (AvgIpc) is 2.85. The van der Waals surface area contributed by atoms with Gasteiger partial charge in [0.2, 0.25) is 0 Å². The zero-order valence-corrected chi connectivity index (χ0v) is 20.4. The molecule has 0 heterocycles. The largest absolute Gasteiger partial charge is 0.494 e. The summed E-state index contributed by atoms with van der Waals surface area (Å²) in [5, 5.41) is 0. The average molecular weight is 431 g/mol. The lowest BCUT2D eigenvalue weighted by atomic mass is 9.79. The third-order valence-corrected chi connectivity index (χ3v) is 6.79. The van der Waals surface area contributed by atoms with E-state index in [1.165, 1.54) is 87.3 Å². The van der Waals surface area contributed by atoms with E-state index in [0.29, 0.717) is 11.8 Å². The maximum atomic E-state index is 5.86. The van der Waals surface area contributed by atoms with E-state index in [1.807, 2.05) is 0 Å². The first kappa shape index (κ1) is 24.4. The van der Waals surface area contributed by atoms with Crippen LogP contribution in [0.4, 0.5) is 0 Å². The summed E-state index contributed by atoms with van der Waals surface area (Å²) in [6, 6.07) is 17.8. The second-order valence-electron chi connectivity index (χ2n) is 9.45. The van der Waals surface area contributed by atoms with E-state index < -0.39 is 0 Å². The Morgan fingerprint density at radius 1 is 0.750 bits per heavy atom. The molecule has 1 heteroatoms. The molecule has 2 aromatic rings. The van der Waals surface area contributed by atoms with Gasteiger partial charge in [-0.1, -0.05) is 82.1 Å². The second kappa shape index (κ2) is 14.1. The fourth-order valence-electron chi connectivity index (χ4n) is 4.65. The number of hydrogen-bond acceptors (Lipinski definition) is 1. The molecule has 0 N–H and O–H groups in total. The highest BCUT2D eigenvalue weighted by Gasteiger charge is 2.21. The third kappa shape index (κ3) is 8.38. The summed E-state index contributed by atoms with van der Waals surface area (Å²) in [4.78, 5) is 0. The molecule has 1 nitrogen and oxygen atoms in total. The number of hydrogen-bond donors (Lipinski definition) is 0. The predicted octanol–water partition coefficient (Wildman–Crippen LogP) is 8.70. The van der Waals surface area contributed by atoms with Crippen molar-refractivity contribution >= 4 is 0 Å². The van der Waals surface area contributed by atoms with Crippen LogP contribution in [0.1, 0.15) is 107 Å². The molecule has 1 saturated carbocycles. The molecule has 0 bridgehead atoms. The minimum Gasteiger partial charge on any atom is -0.494 e. The molecular formula is C31H42O. The highest BCUT2D eigenvalue weighted by molar-refractivity contribution is 5.37. The summed E-state index contributed by atoms with van der Waals surface area (Å²) in [6.07, 6.45) is 15.0. The van der Waals surface area contributed by atoms with Crippen molar-refractivity contribution in [3.8, 4) is 17.6 Å². The molecule has 1 aliphatic rings. The topological polar surface area (TPSA) is 9.23 Å². The van der Waals surface area contributed by atoms with Crippen molar-refractivity contribution in [3.05, 3.63) is 65.2 Å². The van der Waals surface area contributed by atoms with Gasteiger partial charge >= 0.3 is 0 Å². The number of ether oxygens (including phenoxy) is 1. The second-order valence-corrected chi connectivity index (χ2v) is 9.45. The van der Waals surface area contributed by atoms with Gasteiger partial charge in [0.25, 0.3) is 0 Å². The summed E-state index contributed by atoms with van der Waals surface area (Å²) in [7, 11) is 0. The van der Waals surface area contributed by atoms with Crippen molar-refractivity contribution in [1.29, 1.82) is 0 Å². The summed E-state index contributed by atoms with van der Waals surface area (Å²) < 4.78 is 5.86. The van der Waals surface area contributed by atoms with Gasteiger partial charge in [-0.25, -0.2) is 0 Å². The van der Waals surface area contributed by atoms with Gasteiger partial charge in [0.15, 0.2) is 0 Å². The Kier molecular flexibility index (Phi) is 10.7. The van der Waals surface area contributed by atoms with Gasteiger partial charge in [-0.05, 0) is 86.3 Å². The van der Waals surface area contributed by atoms with Gasteiger partial charge in [-0.2, -0.15) is 0 Å². The van der Waals surface area contributed by atoms with Crippen LogP contribution in [-0.2, 0) is 6.42 Å². The normalized spacial score (nSPS) is 18.1. The van der Waals surface area contributed by atoms with Gasteiger partial charge < -0.3 is 4.74 Å². The van der Waals surface area contributed by atoms with E-state index in [-0.39, 0.29) is 0 Å². The van der Waals surface area contributed by atoms with Gasteiger partial charge in [-0.3, -0.25) is 0 Å². The summed E-state index contributed by atoms with van der Waals surface area (Å²) in [5.41, 5.74) is 4.08. The highest BCUT2D eigenvalue weighted by Crippen LogP contribution is 2.36. The zero-order valence-electron chi connectivity index (χ0n) is 20.4. The summed E-state index contributed by atoms with van der Waals surface area (Å²) >= 11 is 0. The number of aryl methyl sites for hydroxylation is 1. The lowest BCUT2D eigenvalue weighted by Crippen LogP contribution is -2.12. The molecule has 2 aromatic carbocycles. The minimum absolute atomic E-state index is 0.543. The lowest BCUT2D eigenvalue weighted by molar-refractivity contribution is 0.306. The summed E-state index contributed by atoms with van der Waals surface area (Å²) in [6.45, 7) is 5.32. The van der Waals surface area contributed by atoms with Crippen molar-refractivity contribution in [1.82, 2.24) is 0 Å². The van der Waals surface area contributed by atoms with Crippen molar-refractivity contribution in [2.45, 2.75) is 96.8 Å². The maximum Gasteiger partial charge on any atom is 0.119 e. The maximum absolute atomic E-state index is 5.86. The highest BCUT2D eigenvalue weighted by atomic mass is 16.5. The molecule has 32 heavy (non-hydrogen) atoms. The van der Waals surface area contributed by atoms with Crippen LogP contribution in [0.15, 0.2) is 48.5 Å². The minimum atomic E-state index is 0.543. The Bertz CT molecular complexity index is 814. The van der Waals surface area contributed by atoms with E-state index in [2.05, 4.69) is 74.2 Å². The van der Waals surface area contributed by atoms with Crippen LogP contribution in [0, 0.1) is 17.8 Å². The molecule has 0 spiro atoms. The number of benzene rings is 2. The predicted molar refractivity (Wildman–Crippen MR) is 137 cm³/mol. The standard InChI is InChI=1S/C31H42O/c1-3-5-7-8-10-26-11-13-27(14-12-26)15-16-28-17-19-29(20-18-28)30-21-23-31(24-22-30)32-25-9-6-4-2/h11-14,21-24,28-29H,3-10,17-20,25H2,1-2H3. The fraction of sp³-hybridized carbons (Fsp3) is 0.548. The molecule has 0 radical (unpaired) electrons. The summed E-state index contributed by atoms with van der Waals surface area (Å²) in [5.74, 6) is 9.23. The monoisotopic (exact) mass is 430 g/mol. The van der Waals surface area contributed by atoms with Gasteiger partial charge in [-0.15, -0.1) is 0 Å². The molecule has 0 aromatic heterocycles. The number of unbranched alkanes of at least 4 members (excludes halogenated alkanes) is 5. The molecule has 1 fully saturated rings. The van der Waals surface area contributed by atoms with Gasteiger partial charge in [0, 0.05) is 11.5 Å². The van der Waals surface area contributed by atoms with Crippen LogP contribution in [0.5, 0.6) is 5.75 Å². The van der Waals surface area contributed by atoms with Crippen LogP contribution in [0.2, 0.25) is 0 Å². The Morgan fingerprint density at radius 2 is 1.44 bits per heavy atom. The van der Waals surface area contributed by atoms with Crippen molar-refractivity contribution in [3.63, 3.8) is 0 Å². The van der Waals surface area contributed by atoms with Crippen LogP contribution in [0.3, 0.4) is 0 Å².